The van der Waals surface area contributed by atoms with Crippen LogP contribution < -0.4 is 15.0 Å². The molecule has 7 nitrogen and oxygen atoms in total. The number of carboxylic acid groups (broad SMARTS) is 1. The van der Waals surface area contributed by atoms with Gasteiger partial charge in [0.2, 0.25) is 0 Å². The van der Waals surface area contributed by atoms with Crippen LogP contribution in [-0.4, -0.2) is 41.2 Å². The van der Waals surface area contributed by atoms with E-state index in [4.69, 9.17) is 9.84 Å². The highest BCUT2D eigenvalue weighted by atomic mass is 16.5. The van der Waals surface area contributed by atoms with E-state index in [0.29, 0.717) is 32.5 Å². The molecule has 132 valence electrons. The second-order valence-corrected chi connectivity index (χ2v) is 6.06. The van der Waals surface area contributed by atoms with Crippen LogP contribution in [0.15, 0.2) is 36.7 Å². The minimum Gasteiger partial charge on any atom is -0.497 e. The van der Waals surface area contributed by atoms with Crippen LogP contribution in [0.5, 0.6) is 5.75 Å². The summed E-state index contributed by atoms with van der Waals surface area (Å²) in [5.41, 5.74) is 1.13. The molecule has 0 radical (unpaired) electrons. The fourth-order valence-corrected chi connectivity index (χ4v) is 2.91. The molecule has 1 aromatic heterocycles. The molecule has 7 heteroatoms. The molecule has 2 aromatic rings. The van der Waals surface area contributed by atoms with Gasteiger partial charge in [-0.1, -0.05) is 12.1 Å². The monoisotopic (exact) mass is 342 g/mol. The molecule has 1 aromatic carbocycles. The van der Waals surface area contributed by atoms with E-state index >= 15 is 0 Å². The van der Waals surface area contributed by atoms with Gasteiger partial charge in [-0.05, 0) is 30.5 Å². The summed E-state index contributed by atoms with van der Waals surface area (Å²) in [4.78, 5) is 21.7. The highest BCUT2D eigenvalue weighted by molar-refractivity contribution is 5.70. The fourth-order valence-electron chi connectivity index (χ4n) is 2.91. The Hall–Kier alpha value is -2.83. The average molecular weight is 342 g/mol. The fraction of sp³-hybridized carbons (Fsp3) is 0.389. The molecule has 0 amide bonds. The van der Waals surface area contributed by atoms with Gasteiger partial charge in [-0.15, -0.1) is 0 Å². The van der Waals surface area contributed by atoms with Crippen molar-refractivity contribution in [2.24, 2.45) is 5.92 Å². The molecule has 2 N–H and O–H groups in total. The molecule has 1 saturated heterocycles. The summed E-state index contributed by atoms with van der Waals surface area (Å²) in [7, 11) is 1.65. The van der Waals surface area contributed by atoms with Crippen LogP contribution in [-0.2, 0) is 11.3 Å². The highest BCUT2D eigenvalue weighted by Gasteiger charge is 2.25. The van der Waals surface area contributed by atoms with Crippen molar-refractivity contribution in [3.05, 3.63) is 42.2 Å². The lowest BCUT2D eigenvalue weighted by molar-refractivity contribution is -0.142. The molecule has 0 bridgehead atoms. The second kappa shape index (κ2) is 7.83. The minimum atomic E-state index is -0.704. The Kier molecular flexibility index (Phi) is 5.33. The van der Waals surface area contributed by atoms with Gasteiger partial charge in [0.15, 0.2) is 0 Å². The minimum absolute atomic E-state index is 0.245. The number of nitrogens with zero attached hydrogens (tertiary/aromatic N) is 3. The number of ether oxygens (including phenoxy) is 1. The van der Waals surface area contributed by atoms with Crippen molar-refractivity contribution in [2.45, 2.75) is 19.4 Å². The van der Waals surface area contributed by atoms with Gasteiger partial charge in [0.05, 0.1) is 13.0 Å². The lowest BCUT2D eigenvalue weighted by Gasteiger charge is -2.31. The Morgan fingerprint density at radius 3 is 2.64 bits per heavy atom. The Morgan fingerprint density at radius 1 is 1.28 bits per heavy atom. The van der Waals surface area contributed by atoms with Crippen molar-refractivity contribution in [3.63, 3.8) is 0 Å². The molecule has 0 atom stereocenters. The number of aliphatic carboxylic acids is 1. The number of carboxylic acids is 1. The van der Waals surface area contributed by atoms with Gasteiger partial charge < -0.3 is 20.1 Å². The molecular formula is C18H22N4O3. The standard InChI is InChI=1S/C18H22N4O3/c1-25-15-4-2-13(3-5-15)11-19-16-10-17(21-12-20-16)22-8-6-14(7-9-22)18(23)24/h2-5,10,12,14H,6-9,11H2,1H3,(H,23,24)(H,19,20,21). The van der Waals surface area contributed by atoms with Gasteiger partial charge in [0.1, 0.15) is 23.7 Å². The van der Waals surface area contributed by atoms with Crippen molar-refractivity contribution in [3.8, 4) is 5.75 Å². The molecule has 1 aliphatic heterocycles. The molecule has 1 fully saturated rings. The molecule has 25 heavy (non-hydrogen) atoms. The summed E-state index contributed by atoms with van der Waals surface area (Å²) in [6.45, 7) is 2.05. The summed E-state index contributed by atoms with van der Waals surface area (Å²) < 4.78 is 5.15. The number of rotatable bonds is 6. The Labute approximate surface area is 146 Å². The van der Waals surface area contributed by atoms with Gasteiger partial charge in [-0.2, -0.15) is 0 Å². The predicted octanol–water partition coefficient (Wildman–Crippen LogP) is 2.40. The summed E-state index contributed by atoms with van der Waals surface area (Å²) in [6, 6.07) is 9.77. The van der Waals surface area contributed by atoms with Crippen LogP contribution in [0.2, 0.25) is 0 Å². The zero-order valence-electron chi connectivity index (χ0n) is 14.2. The van der Waals surface area contributed by atoms with Gasteiger partial charge in [0.25, 0.3) is 0 Å². The van der Waals surface area contributed by atoms with Crippen molar-refractivity contribution in [1.29, 1.82) is 0 Å². The molecule has 0 unspecified atom stereocenters. The van der Waals surface area contributed by atoms with Gasteiger partial charge >= 0.3 is 5.97 Å². The van der Waals surface area contributed by atoms with E-state index in [9.17, 15) is 4.79 Å². The molecule has 0 aliphatic carbocycles. The van der Waals surface area contributed by atoms with Crippen molar-refractivity contribution in [1.82, 2.24) is 9.97 Å². The van der Waals surface area contributed by atoms with Crippen LogP contribution in [0.4, 0.5) is 11.6 Å². The first-order valence-electron chi connectivity index (χ1n) is 8.32. The number of nitrogens with one attached hydrogen (secondary N) is 1. The lowest BCUT2D eigenvalue weighted by Crippen LogP contribution is -2.36. The van der Waals surface area contributed by atoms with E-state index in [2.05, 4.69) is 20.2 Å². The normalized spacial score (nSPS) is 15.0. The molecule has 1 aliphatic rings. The van der Waals surface area contributed by atoms with Gasteiger partial charge in [-0.25, -0.2) is 9.97 Å². The Bertz CT molecular complexity index is 713. The van der Waals surface area contributed by atoms with E-state index in [1.165, 1.54) is 6.33 Å². The number of carbonyl (C=O) groups is 1. The van der Waals surface area contributed by atoms with Crippen LogP contribution in [0.1, 0.15) is 18.4 Å². The zero-order chi connectivity index (χ0) is 17.6. The second-order valence-electron chi connectivity index (χ2n) is 6.06. The SMILES string of the molecule is COc1ccc(CNc2cc(N3CCC(C(=O)O)CC3)ncn2)cc1. The maximum absolute atomic E-state index is 11.0. The molecular weight excluding hydrogens is 320 g/mol. The molecule has 0 spiro atoms. The quantitative estimate of drug-likeness (QED) is 0.833. The van der Waals surface area contributed by atoms with Crippen molar-refractivity contribution in [2.75, 3.05) is 30.4 Å². The van der Waals surface area contributed by atoms with E-state index < -0.39 is 5.97 Å². The average Bonchev–Trinajstić information content (AvgIpc) is 2.67. The summed E-state index contributed by atoms with van der Waals surface area (Å²) in [5, 5.41) is 12.4. The highest BCUT2D eigenvalue weighted by Crippen LogP contribution is 2.23. The van der Waals surface area contributed by atoms with Crippen molar-refractivity contribution >= 4 is 17.6 Å². The summed E-state index contributed by atoms with van der Waals surface area (Å²) >= 11 is 0. The maximum atomic E-state index is 11.0. The molecule has 2 heterocycles. The van der Waals surface area contributed by atoms with E-state index in [0.717, 1.165) is 22.9 Å². The molecule has 0 saturated carbocycles. The number of anilines is 2. The van der Waals surface area contributed by atoms with Crippen LogP contribution in [0.3, 0.4) is 0 Å². The topological polar surface area (TPSA) is 87.6 Å². The maximum Gasteiger partial charge on any atom is 0.306 e. The largest absolute Gasteiger partial charge is 0.497 e. The van der Waals surface area contributed by atoms with Crippen LogP contribution in [0, 0.1) is 5.92 Å². The number of benzene rings is 1. The number of piperidine rings is 1. The predicted molar refractivity (Wildman–Crippen MR) is 94.9 cm³/mol. The molecule has 3 rings (SSSR count). The van der Waals surface area contributed by atoms with Crippen LogP contribution in [0.25, 0.3) is 0 Å². The zero-order valence-corrected chi connectivity index (χ0v) is 14.2. The Balaban J connectivity index is 1.58. The third-order valence-electron chi connectivity index (χ3n) is 4.45. The van der Waals surface area contributed by atoms with E-state index in [-0.39, 0.29) is 5.92 Å². The lowest BCUT2D eigenvalue weighted by atomic mass is 9.97. The summed E-state index contributed by atoms with van der Waals surface area (Å²) in [6.07, 6.45) is 2.83. The first-order chi connectivity index (χ1) is 12.2. The first kappa shape index (κ1) is 17.0. The third-order valence-corrected chi connectivity index (χ3v) is 4.45. The number of hydrogen-bond donors (Lipinski definition) is 2. The number of aromatic nitrogens is 2. The van der Waals surface area contributed by atoms with Gasteiger partial charge in [-0.3, -0.25) is 4.79 Å². The third kappa shape index (κ3) is 4.37. The van der Waals surface area contributed by atoms with E-state index in [1.807, 2.05) is 30.3 Å². The van der Waals surface area contributed by atoms with Crippen LogP contribution >= 0.6 is 0 Å². The number of methoxy groups -OCH3 is 1. The Morgan fingerprint density at radius 2 is 2.00 bits per heavy atom. The van der Waals surface area contributed by atoms with E-state index in [1.54, 1.807) is 7.11 Å². The van der Waals surface area contributed by atoms with Gasteiger partial charge in [0, 0.05) is 25.7 Å². The number of hydrogen-bond acceptors (Lipinski definition) is 6. The smallest absolute Gasteiger partial charge is 0.306 e. The van der Waals surface area contributed by atoms with Crippen molar-refractivity contribution < 1.29 is 14.6 Å². The summed E-state index contributed by atoms with van der Waals surface area (Å²) in [5.74, 6) is 1.46. The first-order valence-corrected chi connectivity index (χ1v) is 8.32.